The summed E-state index contributed by atoms with van der Waals surface area (Å²) in [6.07, 6.45) is 1.90. The van der Waals surface area contributed by atoms with Gasteiger partial charge in [0.05, 0.1) is 6.04 Å². The maximum atomic E-state index is 14.2. The SMILES string of the molecule is Cc1ccccc1N/C(=N\C#N)N1CCN(S(=O)(=O)c2sc3ccc(Cl)cc3c2C)C(c2ccccc2)C1. The number of para-hydroxylation sites is 1. The van der Waals surface area contributed by atoms with E-state index in [9.17, 15) is 13.7 Å². The lowest BCUT2D eigenvalue weighted by Gasteiger charge is -2.41. The molecule has 38 heavy (non-hydrogen) atoms. The van der Waals surface area contributed by atoms with Crippen LogP contribution in [0, 0.1) is 25.3 Å². The molecule has 1 fully saturated rings. The number of halogens is 1. The summed E-state index contributed by atoms with van der Waals surface area (Å²) in [4.78, 5) is 6.01. The first-order chi connectivity index (χ1) is 18.3. The number of aryl methyl sites for hydroxylation is 2. The predicted molar refractivity (Wildman–Crippen MR) is 154 cm³/mol. The molecule has 0 amide bonds. The number of nitriles is 1. The quantitative estimate of drug-likeness (QED) is 0.182. The van der Waals surface area contributed by atoms with Gasteiger partial charge in [-0.2, -0.15) is 9.57 Å². The second-order valence-electron chi connectivity index (χ2n) is 9.12. The zero-order valence-electron chi connectivity index (χ0n) is 20.9. The summed E-state index contributed by atoms with van der Waals surface area (Å²) < 4.78 is 31.1. The fraction of sp³-hybridized carbons (Fsp3) is 0.214. The number of hydrogen-bond donors (Lipinski definition) is 1. The van der Waals surface area contributed by atoms with Crippen LogP contribution in [-0.2, 0) is 10.0 Å². The van der Waals surface area contributed by atoms with Crippen LogP contribution in [-0.4, -0.2) is 43.2 Å². The van der Waals surface area contributed by atoms with Crippen LogP contribution in [0.3, 0.4) is 0 Å². The number of piperazine rings is 1. The van der Waals surface area contributed by atoms with Gasteiger partial charge in [-0.1, -0.05) is 60.1 Å². The Morgan fingerprint density at radius 3 is 2.55 bits per heavy atom. The van der Waals surface area contributed by atoms with Crippen molar-refractivity contribution in [2.24, 2.45) is 4.99 Å². The zero-order valence-corrected chi connectivity index (χ0v) is 23.3. The van der Waals surface area contributed by atoms with Gasteiger partial charge in [0.25, 0.3) is 10.0 Å². The minimum Gasteiger partial charge on any atom is -0.339 e. The Balaban J connectivity index is 1.52. The van der Waals surface area contributed by atoms with Crippen molar-refractivity contribution < 1.29 is 8.42 Å². The van der Waals surface area contributed by atoms with E-state index in [1.54, 1.807) is 10.4 Å². The number of benzene rings is 3. The predicted octanol–water partition coefficient (Wildman–Crippen LogP) is 6.17. The molecule has 2 heterocycles. The van der Waals surface area contributed by atoms with Crippen LogP contribution in [0.15, 0.2) is 82.0 Å². The van der Waals surface area contributed by atoms with Gasteiger partial charge in [-0.15, -0.1) is 16.3 Å². The third-order valence-corrected chi connectivity index (χ3v) is 10.8. The standard InChI is InChI=1S/C28H26ClN5O2S2/c1-19-8-6-7-11-24(19)32-28(31-18-30)33-14-15-34(25(17-33)21-9-4-3-5-10-21)38(35,36)27-20(2)23-16-22(29)12-13-26(23)37-27/h3-13,16,25H,14-15,17H2,1-2H3,(H,31,32). The van der Waals surface area contributed by atoms with Crippen molar-refractivity contribution >= 4 is 54.7 Å². The molecule has 0 bridgehead atoms. The van der Waals surface area contributed by atoms with Gasteiger partial charge in [-0.25, -0.2) is 8.42 Å². The molecule has 0 spiro atoms. The lowest BCUT2D eigenvalue weighted by Crippen LogP contribution is -2.53. The van der Waals surface area contributed by atoms with Crippen molar-refractivity contribution in [1.29, 1.82) is 5.26 Å². The van der Waals surface area contributed by atoms with Crippen LogP contribution in [0.4, 0.5) is 5.69 Å². The van der Waals surface area contributed by atoms with E-state index in [-0.39, 0.29) is 6.54 Å². The van der Waals surface area contributed by atoms with E-state index in [1.807, 2.05) is 91.7 Å². The van der Waals surface area contributed by atoms with Gasteiger partial charge in [0.1, 0.15) is 4.21 Å². The number of aliphatic imine (C=N–C) groups is 1. The van der Waals surface area contributed by atoms with Crippen molar-refractivity contribution in [2.45, 2.75) is 24.1 Å². The lowest BCUT2D eigenvalue weighted by atomic mass is 10.0. The highest BCUT2D eigenvalue weighted by Crippen LogP contribution is 2.40. The van der Waals surface area contributed by atoms with E-state index in [0.717, 1.165) is 26.9 Å². The highest BCUT2D eigenvalue weighted by atomic mass is 35.5. The Hall–Kier alpha value is -3.42. The molecule has 1 saturated heterocycles. The number of nitrogens with one attached hydrogen (secondary N) is 1. The van der Waals surface area contributed by atoms with Crippen molar-refractivity contribution in [3.63, 3.8) is 0 Å². The van der Waals surface area contributed by atoms with Gasteiger partial charge in [0.15, 0.2) is 0 Å². The summed E-state index contributed by atoms with van der Waals surface area (Å²) in [6, 6.07) is 22.3. The summed E-state index contributed by atoms with van der Waals surface area (Å²) in [5.41, 5.74) is 3.43. The number of nitrogens with zero attached hydrogens (tertiary/aromatic N) is 4. The molecule has 1 aliphatic heterocycles. The monoisotopic (exact) mass is 563 g/mol. The van der Waals surface area contributed by atoms with Crippen molar-refractivity contribution in [3.8, 4) is 6.19 Å². The maximum absolute atomic E-state index is 14.2. The van der Waals surface area contributed by atoms with Crippen LogP contribution in [0.1, 0.15) is 22.7 Å². The summed E-state index contributed by atoms with van der Waals surface area (Å²) in [6.45, 7) is 4.75. The first-order valence-corrected chi connectivity index (χ1v) is 14.7. The van der Waals surface area contributed by atoms with Crippen LogP contribution in [0.2, 0.25) is 5.02 Å². The van der Waals surface area contributed by atoms with E-state index in [4.69, 9.17) is 11.6 Å². The van der Waals surface area contributed by atoms with Crippen LogP contribution in [0.5, 0.6) is 0 Å². The minimum atomic E-state index is -3.83. The summed E-state index contributed by atoms with van der Waals surface area (Å²) in [5, 5.41) is 14.1. The molecule has 7 nitrogen and oxygen atoms in total. The van der Waals surface area contributed by atoms with Gasteiger partial charge < -0.3 is 10.2 Å². The first kappa shape index (κ1) is 26.2. The third kappa shape index (κ3) is 5.00. The highest BCUT2D eigenvalue weighted by Gasteiger charge is 2.39. The smallest absolute Gasteiger partial charge is 0.253 e. The van der Waals surface area contributed by atoms with Crippen LogP contribution < -0.4 is 5.32 Å². The maximum Gasteiger partial charge on any atom is 0.253 e. The number of hydrogen-bond acceptors (Lipinski definition) is 5. The van der Waals surface area contributed by atoms with Gasteiger partial charge in [-0.05, 0) is 60.2 Å². The van der Waals surface area contributed by atoms with Crippen LogP contribution >= 0.6 is 22.9 Å². The van der Waals surface area contributed by atoms with E-state index in [2.05, 4.69) is 10.3 Å². The largest absolute Gasteiger partial charge is 0.339 e. The molecule has 194 valence electrons. The summed E-state index contributed by atoms with van der Waals surface area (Å²) >= 11 is 7.47. The van der Waals surface area contributed by atoms with Gasteiger partial charge in [0, 0.05) is 35.0 Å². The fourth-order valence-corrected chi connectivity index (χ4v) is 8.40. The number of sulfonamides is 1. The average Bonchev–Trinajstić information content (AvgIpc) is 3.26. The molecule has 3 aromatic carbocycles. The Bertz CT molecular complexity index is 1660. The Morgan fingerprint density at radius 2 is 1.82 bits per heavy atom. The van der Waals surface area contributed by atoms with Crippen molar-refractivity contribution in [2.75, 3.05) is 25.0 Å². The second kappa shape index (κ2) is 10.8. The second-order valence-corrected chi connectivity index (χ2v) is 12.7. The summed E-state index contributed by atoms with van der Waals surface area (Å²) in [7, 11) is -3.83. The zero-order chi connectivity index (χ0) is 26.9. The molecule has 1 N–H and O–H groups in total. The Morgan fingerprint density at radius 1 is 1.08 bits per heavy atom. The molecule has 1 atom stereocenters. The normalized spacial score (nSPS) is 16.9. The number of fused-ring (bicyclic) bond motifs is 1. The third-order valence-electron chi connectivity index (χ3n) is 6.76. The molecular weight excluding hydrogens is 538 g/mol. The molecule has 4 aromatic rings. The number of guanidine groups is 1. The molecule has 0 radical (unpaired) electrons. The molecule has 5 rings (SSSR count). The Kier molecular flexibility index (Phi) is 7.41. The number of thiophene rings is 1. The molecule has 1 aliphatic rings. The highest BCUT2D eigenvalue weighted by molar-refractivity contribution is 7.91. The van der Waals surface area contributed by atoms with Gasteiger partial charge in [-0.3, -0.25) is 0 Å². The molecular formula is C28H26ClN5O2S2. The van der Waals surface area contributed by atoms with E-state index < -0.39 is 16.1 Å². The molecule has 1 unspecified atom stereocenters. The minimum absolute atomic E-state index is 0.232. The lowest BCUT2D eigenvalue weighted by molar-refractivity contribution is 0.195. The van der Waals surface area contributed by atoms with E-state index in [0.29, 0.717) is 33.8 Å². The van der Waals surface area contributed by atoms with Gasteiger partial charge in [0.2, 0.25) is 12.2 Å². The fourth-order valence-electron chi connectivity index (χ4n) is 4.78. The Labute approximate surface area is 231 Å². The van der Waals surface area contributed by atoms with Crippen molar-refractivity contribution in [1.82, 2.24) is 9.21 Å². The van der Waals surface area contributed by atoms with Gasteiger partial charge >= 0.3 is 0 Å². The van der Waals surface area contributed by atoms with Crippen LogP contribution in [0.25, 0.3) is 10.1 Å². The number of anilines is 1. The molecule has 10 heteroatoms. The molecule has 0 saturated carbocycles. The molecule has 0 aliphatic carbocycles. The number of rotatable bonds is 4. The first-order valence-electron chi connectivity index (χ1n) is 12.1. The molecule has 1 aromatic heterocycles. The van der Waals surface area contributed by atoms with E-state index in [1.165, 1.54) is 11.3 Å². The topological polar surface area (TPSA) is 88.8 Å². The van der Waals surface area contributed by atoms with Crippen molar-refractivity contribution in [3.05, 3.63) is 94.5 Å². The average molecular weight is 564 g/mol. The summed E-state index contributed by atoms with van der Waals surface area (Å²) in [5.74, 6) is 0.396. The van der Waals surface area contributed by atoms with E-state index >= 15 is 0 Å².